The topological polar surface area (TPSA) is 67.2 Å². The van der Waals surface area contributed by atoms with E-state index in [-0.39, 0.29) is 6.10 Å². The van der Waals surface area contributed by atoms with Crippen molar-refractivity contribution in [3.8, 4) is 6.07 Å². The Hall–Kier alpha value is -1.67. The van der Waals surface area contributed by atoms with Crippen LogP contribution in [0.2, 0.25) is 0 Å². The summed E-state index contributed by atoms with van der Waals surface area (Å²) in [5, 5.41) is 9.34. The molecule has 0 aromatic carbocycles. The molecule has 0 unspecified atom stereocenters. The molecule has 3 heterocycles. The summed E-state index contributed by atoms with van der Waals surface area (Å²) in [6.07, 6.45) is 6.09. The molecule has 1 aromatic rings. The van der Waals surface area contributed by atoms with Crippen LogP contribution in [-0.2, 0) is 11.3 Å². The summed E-state index contributed by atoms with van der Waals surface area (Å²) in [6, 6.07) is 4.08. The second kappa shape index (κ2) is 5.76. The van der Waals surface area contributed by atoms with Gasteiger partial charge in [0.15, 0.2) is 0 Å². The number of ether oxygens (including phenoxy) is 1. The second-order valence-corrected chi connectivity index (χ2v) is 5.71. The summed E-state index contributed by atoms with van der Waals surface area (Å²) in [4.78, 5) is 2.33. The number of hydrogen-bond donors (Lipinski definition) is 1. The largest absolute Gasteiger partial charge is 0.396 e. The van der Waals surface area contributed by atoms with Crippen LogP contribution in [0.4, 0.5) is 11.5 Å². The molecule has 0 radical (unpaired) electrons. The maximum atomic E-state index is 9.34. The SMILES string of the molecule is N#Cc1cc(N)c(N2CCCCC2)n1C[C@@H]1CCCO1. The van der Waals surface area contributed by atoms with Crippen molar-refractivity contribution in [1.82, 2.24) is 4.57 Å². The van der Waals surface area contributed by atoms with Gasteiger partial charge in [-0.2, -0.15) is 5.26 Å². The van der Waals surface area contributed by atoms with Crippen LogP contribution in [0.15, 0.2) is 6.07 Å². The Morgan fingerprint density at radius 1 is 1.30 bits per heavy atom. The highest BCUT2D eigenvalue weighted by atomic mass is 16.5. The number of nitrogen functional groups attached to an aromatic ring is 1. The lowest BCUT2D eigenvalue weighted by Gasteiger charge is -2.31. The molecule has 0 aliphatic carbocycles. The lowest BCUT2D eigenvalue weighted by molar-refractivity contribution is 0.0971. The Labute approximate surface area is 119 Å². The van der Waals surface area contributed by atoms with Gasteiger partial charge >= 0.3 is 0 Å². The first-order valence-corrected chi connectivity index (χ1v) is 7.55. The normalized spacial score (nSPS) is 22.9. The van der Waals surface area contributed by atoms with Crippen molar-refractivity contribution in [2.24, 2.45) is 0 Å². The second-order valence-electron chi connectivity index (χ2n) is 5.71. The van der Waals surface area contributed by atoms with Crippen LogP contribution in [0.1, 0.15) is 37.8 Å². The van der Waals surface area contributed by atoms with Crippen molar-refractivity contribution < 1.29 is 4.74 Å². The molecule has 1 aromatic heterocycles. The zero-order valence-electron chi connectivity index (χ0n) is 11.8. The first-order valence-electron chi connectivity index (χ1n) is 7.55. The highest BCUT2D eigenvalue weighted by Gasteiger charge is 2.24. The zero-order valence-corrected chi connectivity index (χ0v) is 11.8. The van der Waals surface area contributed by atoms with Gasteiger partial charge in [0.25, 0.3) is 0 Å². The van der Waals surface area contributed by atoms with Crippen LogP contribution in [0.25, 0.3) is 0 Å². The van der Waals surface area contributed by atoms with Crippen LogP contribution >= 0.6 is 0 Å². The van der Waals surface area contributed by atoms with Gasteiger partial charge in [-0.05, 0) is 38.2 Å². The van der Waals surface area contributed by atoms with E-state index >= 15 is 0 Å². The monoisotopic (exact) mass is 274 g/mol. The van der Waals surface area contributed by atoms with E-state index in [9.17, 15) is 5.26 Å². The van der Waals surface area contributed by atoms with Crippen molar-refractivity contribution in [2.45, 2.75) is 44.8 Å². The molecular formula is C15H22N4O. The Kier molecular flexibility index (Phi) is 3.83. The van der Waals surface area contributed by atoms with Gasteiger partial charge < -0.3 is 19.9 Å². The average Bonchev–Trinajstić information content (AvgIpc) is 3.08. The minimum absolute atomic E-state index is 0.220. The highest BCUT2D eigenvalue weighted by molar-refractivity contribution is 5.68. The Bertz CT molecular complexity index is 505. The number of anilines is 2. The first-order chi connectivity index (χ1) is 9.79. The predicted molar refractivity (Wildman–Crippen MR) is 78.6 cm³/mol. The third kappa shape index (κ3) is 2.48. The van der Waals surface area contributed by atoms with E-state index in [2.05, 4.69) is 15.5 Å². The van der Waals surface area contributed by atoms with Gasteiger partial charge in [-0.1, -0.05) is 0 Å². The molecule has 0 amide bonds. The van der Waals surface area contributed by atoms with Gasteiger partial charge in [-0.15, -0.1) is 0 Å². The molecule has 0 saturated carbocycles. The molecule has 2 N–H and O–H groups in total. The van der Waals surface area contributed by atoms with Crippen molar-refractivity contribution in [1.29, 1.82) is 5.26 Å². The van der Waals surface area contributed by atoms with Crippen LogP contribution in [-0.4, -0.2) is 30.4 Å². The Morgan fingerprint density at radius 2 is 2.10 bits per heavy atom. The molecule has 5 nitrogen and oxygen atoms in total. The molecule has 20 heavy (non-hydrogen) atoms. The summed E-state index contributed by atoms with van der Waals surface area (Å²) in [5.41, 5.74) is 7.54. The molecule has 0 spiro atoms. The summed E-state index contributed by atoms with van der Waals surface area (Å²) < 4.78 is 7.78. The maximum absolute atomic E-state index is 9.34. The lowest BCUT2D eigenvalue weighted by Crippen LogP contribution is -2.33. The van der Waals surface area contributed by atoms with Gasteiger partial charge in [-0.3, -0.25) is 0 Å². The number of nitriles is 1. The summed E-state index contributed by atoms with van der Waals surface area (Å²) in [6.45, 7) is 3.64. The fourth-order valence-corrected chi connectivity index (χ4v) is 3.29. The van der Waals surface area contributed by atoms with E-state index in [4.69, 9.17) is 10.5 Å². The maximum Gasteiger partial charge on any atom is 0.133 e. The van der Waals surface area contributed by atoms with Gasteiger partial charge in [0, 0.05) is 19.7 Å². The number of hydrogen-bond acceptors (Lipinski definition) is 4. The van der Waals surface area contributed by atoms with Gasteiger partial charge in [0.05, 0.1) is 18.3 Å². The highest BCUT2D eigenvalue weighted by Crippen LogP contribution is 2.31. The third-order valence-electron chi connectivity index (χ3n) is 4.28. The Balaban J connectivity index is 1.90. The van der Waals surface area contributed by atoms with Crippen LogP contribution in [0.3, 0.4) is 0 Å². The lowest BCUT2D eigenvalue weighted by atomic mass is 10.1. The van der Waals surface area contributed by atoms with E-state index in [1.54, 1.807) is 6.07 Å². The van der Waals surface area contributed by atoms with Crippen molar-refractivity contribution in [2.75, 3.05) is 30.3 Å². The Morgan fingerprint density at radius 3 is 2.75 bits per heavy atom. The zero-order chi connectivity index (χ0) is 13.9. The number of rotatable bonds is 3. The molecule has 2 aliphatic heterocycles. The van der Waals surface area contributed by atoms with E-state index < -0.39 is 0 Å². The minimum Gasteiger partial charge on any atom is -0.396 e. The summed E-state index contributed by atoms with van der Waals surface area (Å²) >= 11 is 0. The van der Waals surface area contributed by atoms with Crippen LogP contribution in [0.5, 0.6) is 0 Å². The van der Waals surface area contributed by atoms with E-state index in [1.165, 1.54) is 19.3 Å². The fourth-order valence-electron chi connectivity index (χ4n) is 3.29. The van der Waals surface area contributed by atoms with Crippen molar-refractivity contribution >= 4 is 11.5 Å². The number of nitrogens with two attached hydrogens (primary N) is 1. The number of aromatic nitrogens is 1. The van der Waals surface area contributed by atoms with E-state index in [0.717, 1.165) is 50.6 Å². The number of nitrogens with zero attached hydrogens (tertiary/aromatic N) is 3. The molecule has 3 rings (SSSR count). The summed E-state index contributed by atoms with van der Waals surface area (Å²) in [7, 11) is 0. The first kappa shape index (κ1) is 13.3. The molecule has 2 saturated heterocycles. The fraction of sp³-hybridized carbons (Fsp3) is 0.667. The molecule has 1 atom stereocenters. The molecule has 108 valence electrons. The van der Waals surface area contributed by atoms with Crippen molar-refractivity contribution in [3.05, 3.63) is 11.8 Å². The van der Waals surface area contributed by atoms with Crippen LogP contribution in [0, 0.1) is 11.3 Å². The van der Waals surface area contributed by atoms with Gasteiger partial charge in [0.2, 0.25) is 0 Å². The standard InChI is InChI=1S/C15H22N4O/c16-10-12-9-14(17)15(18-6-2-1-3-7-18)19(12)11-13-5-4-8-20-13/h9,13H,1-8,11,17H2/t13-/m0/s1. The quantitative estimate of drug-likeness (QED) is 0.916. The van der Waals surface area contributed by atoms with E-state index in [1.807, 2.05) is 0 Å². The average molecular weight is 274 g/mol. The summed E-state index contributed by atoms with van der Waals surface area (Å²) in [5.74, 6) is 1.02. The van der Waals surface area contributed by atoms with Crippen molar-refractivity contribution in [3.63, 3.8) is 0 Å². The predicted octanol–water partition coefficient (Wildman–Crippen LogP) is 2.11. The van der Waals surface area contributed by atoms with Crippen LogP contribution < -0.4 is 10.6 Å². The van der Waals surface area contributed by atoms with Gasteiger partial charge in [0.1, 0.15) is 17.6 Å². The molecule has 2 aliphatic rings. The van der Waals surface area contributed by atoms with Gasteiger partial charge in [-0.25, -0.2) is 0 Å². The molecule has 5 heteroatoms. The molecule has 0 bridgehead atoms. The smallest absolute Gasteiger partial charge is 0.133 e. The minimum atomic E-state index is 0.220. The number of piperidine rings is 1. The molecular weight excluding hydrogens is 252 g/mol. The molecule has 2 fully saturated rings. The third-order valence-corrected chi connectivity index (χ3v) is 4.28. The van der Waals surface area contributed by atoms with E-state index in [0.29, 0.717) is 5.69 Å².